The van der Waals surface area contributed by atoms with Crippen LogP contribution in [0.4, 0.5) is 5.13 Å². The number of rotatable bonds is 4. The molecule has 4 nitrogen and oxygen atoms in total. The number of amides is 1. The fourth-order valence-corrected chi connectivity index (χ4v) is 3.73. The molecule has 0 aliphatic heterocycles. The van der Waals surface area contributed by atoms with Crippen molar-refractivity contribution >= 4 is 39.6 Å². The molecule has 3 N–H and O–H groups in total. The van der Waals surface area contributed by atoms with Crippen molar-refractivity contribution in [1.29, 1.82) is 0 Å². The van der Waals surface area contributed by atoms with Crippen molar-refractivity contribution in [1.82, 2.24) is 4.98 Å². The van der Waals surface area contributed by atoms with E-state index in [4.69, 9.17) is 18.0 Å². The Morgan fingerprint density at radius 3 is 2.60 bits per heavy atom. The quantitative estimate of drug-likeness (QED) is 0.836. The Bertz CT molecular complexity index is 504. The van der Waals surface area contributed by atoms with Crippen LogP contribution in [0.5, 0.6) is 0 Å². The number of aromatic nitrogens is 1. The van der Waals surface area contributed by atoms with Crippen LogP contribution in [0.15, 0.2) is 5.38 Å². The van der Waals surface area contributed by atoms with Crippen molar-refractivity contribution < 1.29 is 4.79 Å². The van der Waals surface area contributed by atoms with Gasteiger partial charge in [-0.1, -0.05) is 45.3 Å². The van der Waals surface area contributed by atoms with E-state index < -0.39 is 5.41 Å². The molecule has 1 amide bonds. The van der Waals surface area contributed by atoms with E-state index >= 15 is 0 Å². The Morgan fingerprint density at radius 2 is 2.10 bits per heavy atom. The van der Waals surface area contributed by atoms with Crippen molar-refractivity contribution in [2.75, 3.05) is 5.32 Å². The van der Waals surface area contributed by atoms with Crippen molar-refractivity contribution in [2.24, 2.45) is 11.1 Å². The first-order chi connectivity index (χ1) is 9.45. The number of carbonyl (C=O) groups is 1. The molecule has 0 atom stereocenters. The second-order valence-electron chi connectivity index (χ2n) is 5.69. The van der Waals surface area contributed by atoms with Crippen LogP contribution in [0.2, 0.25) is 0 Å². The van der Waals surface area contributed by atoms with E-state index in [1.54, 1.807) is 0 Å². The van der Waals surface area contributed by atoms with E-state index in [9.17, 15) is 4.79 Å². The molecule has 20 heavy (non-hydrogen) atoms. The van der Waals surface area contributed by atoms with Gasteiger partial charge in [0.05, 0.1) is 16.1 Å². The van der Waals surface area contributed by atoms with E-state index in [0.717, 1.165) is 37.8 Å². The number of nitrogens with one attached hydrogen (secondary N) is 1. The summed E-state index contributed by atoms with van der Waals surface area (Å²) in [6.07, 6.45) is 4.64. The molecular formula is C14H21N3OS2. The van der Waals surface area contributed by atoms with Gasteiger partial charge in [0.25, 0.3) is 0 Å². The third kappa shape index (κ3) is 3.01. The number of nitrogens with zero attached hydrogens (tertiary/aromatic N) is 1. The molecule has 1 aromatic rings. The molecule has 1 saturated carbocycles. The first-order valence-electron chi connectivity index (χ1n) is 7.02. The Balaban J connectivity index is 2.14. The maximum absolute atomic E-state index is 12.6. The fraction of sp³-hybridized carbons (Fsp3) is 0.643. The molecule has 0 spiro atoms. The monoisotopic (exact) mass is 311 g/mol. The van der Waals surface area contributed by atoms with E-state index in [1.807, 2.05) is 5.38 Å². The van der Waals surface area contributed by atoms with Crippen LogP contribution in [0.3, 0.4) is 0 Å². The first kappa shape index (κ1) is 15.4. The molecule has 2 rings (SSSR count). The molecule has 1 heterocycles. The summed E-state index contributed by atoms with van der Waals surface area (Å²) in [5.41, 5.74) is 6.18. The summed E-state index contributed by atoms with van der Waals surface area (Å²) >= 11 is 6.62. The summed E-state index contributed by atoms with van der Waals surface area (Å²) in [6.45, 7) is 4.16. The Labute approximate surface area is 129 Å². The predicted octanol–water partition coefficient (Wildman–Crippen LogP) is 3.44. The first-order valence-corrected chi connectivity index (χ1v) is 8.31. The maximum Gasteiger partial charge on any atom is 0.239 e. The lowest BCUT2D eigenvalue weighted by Crippen LogP contribution is -2.47. The zero-order valence-corrected chi connectivity index (χ0v) is 13.6. The molecule has 6 heteroatoms. The van der Waals surface area contributed by atoms with Gasteiger partial charge in [0.2, 0.25) is 5.91 Å². The topological polar surface area (TPSA) is 68.0 Å². The van der Waals surface area contributed by atoms with Crippen molar-refractivity contribution in [2.45, 2.75) is 51.9 Å². The van der Waals surface area contributed by atoms with E-state index in [0.29, 0.717) is 16.0 Å². The molecular weight excluding hydrogens is 290 g/mol. The third-order valence-corrected chi connectivity index (χ3v) is 5.11. The van der Waals surface area contributed by atoms with Gasteiger partial charge in [-0.05, 0) is 18.8 Å². The van der Waals surface area contributed by atoms with Crippen LogP contribution < -0.4 is 11.1 Å². The summed E-state index contributed by atoms with van der Waals surface area (Å²) in [4.78, 5) is 17.4. The van der Waals surface area contributed by atoms with Gasteiger partial charge in [0.1, 0.15) is 0 Å². The lowest BCUT2D eigenvalue weighted by atomic mass is 9.73. The van der Waals surface area contributed by atoms with Crippen LogP contribution in [-0.4, -0.2) is 15.9 Å². The number of hydrogen-bond acceptors (Lipinski definition) is 4. The molecule has 110 valence electrons. The van der Waals surface area contributed by atoms with Gasteiger partial charge in [0, 0.05) is 5.38 Å². The number of carbonyl (C=O) groups excluding carboxylic acids is 1. The van der Waals surface area contributed by atoms with Crippen LogP contribution in [0.25, 0.3) is 0 Å². The molecule has 0 bridgehead atoms. The van der Waals surface area contributed by atoms with Gasteiger partial charge in [-0.2, -0.15) is 0 Å². The zero-order valence-electron chi connectivity index (χ0n) is 11.9. The normalized spacial score (nSPS) is 17.9. The minimum absolute atomic E-state index is 0.0886. The van der Waals surface area contributed by atoms with Gasteiger partial charge in [-0.3, -0.25) is 4.79 Å². The van der Waals surface area contributed by atoms with Crippen LogP contribution in [0, 0.1) is 5.41 Å². The summed E-state index contributed by atoms with van der Waals surface area (Å²) in [5, 5.41) is 5.53. The molecule has 0 saturated heterocycles. The SMILES string of the molecule is CC(C)c1csc(NC(=O)C2(C(N)=S)CCCCC2)n1. The van der Waals surface area contributed by atoms with Gasteiger partial charge < -0.3 is 11.1 Å². The molecule has 1 aliphatic rings. The highest BCUT2D eigenvalue weighted by Crippen LogP contribution is 2.38. The summed E-state index contributed by atoms with van der Waals surface area (Å²) in [5.74, 6) is 0.269. The minimum atomic E-state index is -0.683. The predicted molar refractivity (Wildman–Crippen MR) is 87.1 cm³/mol. The maximum atomic E-state index is 12.6. The van der Waals surface area contributed by atoms with E-state index in [-0.39, 0.29) is 5.91 Å². The highest BCUT2D eigenvalue weighted by Gasteiger charge is 2.42. The smallest absolute Gasteiger partial charge is 0.239 e. The summed E-state index contributed by atoms with van der Waals surface area (Å²) in [6, 6.07) is 0. The molecule has 0 unspecified atom stereocenters. The molecule has 0 radical (unpaired) electrons. The number of nitrogens with two attached hydrogens (primary N) is 1. The molecule has 1 aliphatic carbocycles. The minimum Gasteiger partial charge on any atom is -0.392 e. The van der Waals surface area contributed by atoms with Crippen LogP contribution >= 0.6 is 23.6 Å². The van der Waals surface area contributed by atoms with Gasteiger partial charge >= 0.3 is 0 Å². The molecule has 1 aromatic heterocycles. The average molecular weight is 311 g/mol. The fourth-order valence-electron chi connectivity index (χ4n) is 2.57. The largest absolute Gasteiger partial charge is 0.392 e. The zero-order chi connectivity index (χ0) is 14.8. The molecule has 0 aromatic carbocycles. The standard InChI is InChI=1S/C14H21N3OS2/c1-9(2)10-8-20-13(16-10)17-12(18)14(11(15)19)6-4-3-5-7-14/h8-9H,3-7H2,1-2H3,(H2,15,19)(H,16,17,18). The second kappa shape index (κ2) is 6.18. The van der Waals surface area contributed by atoms with Crippen molar-refractivity contribution in [3.63, 3.8) is 0 Å². The van der Waals surface area contributed by atoms with E-state index in [2.05, 4.69) is 24.1 Å². The average Bonchev–Trinajstić information content (AvgIpc) is 2.88. The molecule has 1 fully saturated rings. The lowest BCUT2D eigenvalue weighted by molar-refractivity contribution is -0.123. The van der Waals surface area contributed by atoms with Crippen LogP contribution in [-0.2, 0) is 4.79 Å². The number of anilines is 1. The lowest BCUT2D eigenvalue weighted by Gasteiger charge is -2.34. The number of thiocarbonyl (C=S) groups is 1. The number of hydrogen-bond donors (Lipinski definition) is 2. The third-order valence-electron chi connectivity index (χ3n) is 3.95. The van der Waals surface area contributed by atoms with Gasteiger partial charge in [-0.15, -0.1) is 11.3 Å². The van der Waals surface area contributed by atoms with Crippen molar-refractivity contribution in [3.05, 3.63) is 11.1 Å². The van der Waals surface area contributed by atoms with Gasteiger partial charge in [0.15, 0.2) is 5.13 Å². The Kier molecular flexibility index (Phi) is 4.75. The summed E-state index contributed by atoms with van der Waals surface area (Å²) in [7, 11) is 0. The number of thiazole rings is 1. The van der Waals surface area contributed by atoms with Crippen molar-refractivity contribution in [3.8, 4) is 0 Å². The Hall–Kier alpha value is -1.01. The van der Waals surface area contributed by atoms with Crippen LogP contribution in [0.1, 0.15) is 57.6 Å². The Morgan fingerprint density at radius 1 is 1.45 bits per heavy atom. The van der Waals surface area contributed by atoms with Gasteiger partial charge in [-0.25, -0.2) is 4.98 Å². The summed E-state index contributed by atoms with van der Waals surface area (Å²) < 4.78 is 0. The highest BCUT2D eigenvalue weighted by atomic mass is 32.1. The highest BCUT2D eigenvalue weighted by molar-refractivity contribution is 7.80. The second-order valence-corrected chi connectivity index (χ2v) is 6.99. The van der Waals surface area contributed by atoms with E-state index in [1.165, 1.54) is 11.3 Å².